The average Bonchev–Trinajstić information content (AvgIpc) is 2.08. The van der Waals surface area contributed by atoms with Gasteiger partial charge in [0.15, 0.2) is 0 Å². The van der Waals surface area contributed by atoms with Crippen molar-refractivity contribution in [1.82, 2.24) is 0 Å². The highest BCUT2D eigenvalue weighted by molar-refractivity contribution is 7.84. The first kappa shape index (κ1) is 10.7. The van der Waals surface area contributed by atoms with E-state index in [2.05, 4.69) is 50.5 Å². The molecule has 0 bridgehead atoms. The highest BCUT2D eigenvalue weighted by Crippen LogP contribution is 2.26. The zero-order valence-corrected chi connectivity index (χ0v) is 9.88. The fourth-order valence-electron chi connectivity index (χ4n) is 0.853. The second kappa shape index (κ2) is 4.74. The highest BCUT2D eigenvalue weighted by Gasteiger charge is 2.04. The molecule has 1 atom stereocenters. The standard InChI is InChI=1S/C8H10S4/c9-4-8(12)5-1-2-6(10)7(11)3-5/h1-3,8-12H,4H2. The smallest absolute Gasteiger partial charge is 0.0355 e. The molecule has 0 heterocycles. The molecule has 0 aliphatic heterocycles. The van der Waals surface area contributed by atoms with Crippen LogP contribution in [0.1, 0.15) is 10.8 Å². The summed E-state index contributed by atoms with van der Waals surface area (Å²) in [4.78, 5) is 1.78. The third-order valence-electron chi connectivity index (χ3n) is 1.56. The molecule has 0 saturated heterocycles. The van der Waals surface area contributed by atoms with Gasteiger partial charge in [0.1, 0.15) is 0 Å². The first-order chi connectivity index (χ1) is 5.65. The van der Waals surface area contributed by atoms with E-state index >= 15 is 0 Å². The van der Waals surface area contributed by atoms with E-state index in [1.54, 1.807) is 0 Å². The second-order valence-corrected chi connectivity index (χ2v) is 4.40. The monoisotopic (exact) mass is 234 g/mol. The van der Waals surface area contributed by atoms with Gasteiger partial charge in [-0.2, -0.15) is 25.3 Å². The van der Waals surface area contributed by atoms with Gasteiger partial charge in [0, 0.05) is 20.8 Å². The molecule has 0 aliphatic rings. The minimum absolute atomic E-state index is 0.174. The Morgan fingerprint density at radius 3 is 2.33 bits per heavy atom. The summed E-state index contributed by atoms with van der Waals surface area (Å²) < 4.78 is 0. The maximum absolute atomic E-state index is 4.37. The van der Waals surface area contributed by atoms with Crippen molar-refractivity contribution in [3.8, 4) is 0 Å². The molecule has 66 valence electrons. The van der Waals surface area contributed by atoms with Crippen LogP contribution in [-0.4, -0.2) is 5.75 Å². The summed E-state index contributed by atoms with van der Waals surface area (Å²) in [7, 11) is 0. The van der Waals surface area contributed by atoms with Crippen molar-refractivity contribution >= 4 is 50.5 Å². The molecular formula is C8H10S4. The molecule has 0 radical (unpaired) electrons. The maximum Gasteiger partial charge on any atom is 0.0355 e. The number of thiol groups is 4. The summed E-state index contributed by atoms with van der Waals surface area (Å²) in [6.07, 6.45) is 0. The molecule has 1 aromatic rings. The van der Waals surface area contributed by atoms with Gasteiger partial charge in [0.05, 0.1) is 0 Å². The Hall–Kier alpha value is 0.620. The van der Waals surface area contributed by atoms with Gasteiger partial charge >= 0.3 is 0 Å². The van der Waals surface area contributed by atoms with E-state index in [1.807, 2.05) is 18.2 Å². The third-order valence-corrected chi connectivity index (χ3v) is 3.63. The Morgan fingerprint density at radius 2 is 1.83 bits per heavy atom. The zero-order valence-electron chi connectivity index (χ0n) is 6.31. The maximum atomic E-state index is 4.37. The Balaban J connectivity index is 2.96. The molecule has 1 unspecified atom stereocenters. The number of benzene rings is 1. The number of hydrogen-bond acceptors (Lipinski definition) is 4. The molecule has 0 saturated carbocycles. The van der Waals surface area contributed by atoms with Gasteiger partial charge in [-0.15, -0.1) is 25.3 Å². The number of hydrogen-bond donors (Lipinski definition) is 4. The van der Waals surface area contributed by atoms with Crippen molar-refractivity contribution in [1.29, 1.82) is 0 Å². The predicted molar refractivity (Wildman–Crippen MR) is 66.5 cm³/mol. The topological polar surface area (TPSA) is 0 Å². The van der Waals surface area contributed by atoms with Gasteiger partial charge in [-0.1, -0.05) is 6.07 Å². The Bertz CT molecular complexity index is 272. The second-order valence-electron chi connectivity index (χ2n) is 2.45. The van der Waals surface area contributed by atoms with Gasteiger partial charge < -0.3 is 0 Å². The highest BCUT2D eigenvalue weighted by atomic mass is 32.1. The fourth-order valence-corrected chi connectivity index (χ4v) is 1.59. The largest absolute Gasteiger partial charge is 0.178 e. The molecule has 1 aromatic carbocycles. The summed E-state index contributed by atoms with van der Waals surface area (Å²) in [5.41, 5.74) is 1.14. The summed E-state index contributed by atoms with van der Waals surface area (Å²) in [6, 6.07) is 5.89. The van der Waals surface area contributed by atoms with Crippen molar-refractivity contribution in [3.63, 3.8) is 0 Å². The van der Waals surface area contributed by atoms with Crippen molar-refractivity contribution in [2.24, 2.45) is 0 Å². The van der Waals surface area contributed by atoms with Crippen LogP contribution < -0.4 is 0 Å². The van der Waals surface area contributed by atoms with Crippen molar-refractivity contribution in [3.05, 3.63) is 23.8 Å². The van der Waals surface area contributed by atoms with E-state index in [1.165, 1.54) is 0 Å². The first-order valence-corrected chi connectivity index (χ1v) is 5.50. The summed E-state index contributed by atoms with van der Waals surface area (Å²) >= 11 is 17.0. The van der Waals surface area contributed by atoms with Crippen LogP contribution in [0, 0.1) is 0 Å². The lowest BCUT2D eigenvalue weighted by atomic mass is 10.2. The van der Waals surface area contributed by atoms with Crippen LogP contribution >= 0.6 is 50.5 Å². The molecule has 0 N–H and O–H groups in total. The predicted octanol–water partition coefficient (Wildman–Crippen LogP) is 3.16. The van der Waals surface area contributed by atoms with E-state index < -0.39 is 0 Å². The SMILES string of the molecule is SCC(S)c1ccc(S)c(S)c1. The fraction of sp³-hybridized carbons (Fsp3) is 0.250. The molecule has 0 nitrogen and oxygen atoms in total. The van der Waals surface area contributed by atoms with E-state index in [9.17, 15) is 0 Å². The van der Waals surface area contributed by atoms with Crippen LogP contribution in [0.2, 0.25) is 0 Å². The molecular weight excluding hydrogens is 224 g/mol. The molecule has 0 aromatic heterocycles. The lowest BCUT2D eigenvalue weighted by molar-refractivity contribution is 1.09. The van der Waals surface area contributed by atoms with Gasteiger partial charge in [-0.3, -0.25) is 0 Å². The van der Waals surface area contributed by atoms with E-state index in [-0.39, 0.29) is 5.25 Å². The summed E-state index contributed by atoms with van der Waals surface area (Å²) in [6.45, 7) is 0. The lowest BCUT2D eigenvalue weighted by Gasteiger charge is -2.08. The molecule has 0 spiro atoms. The van der Waals surface area contributed by atoms with Crippen LogP contribution in [0.15, 0.2) is 28.0 Å². The quantitative estimate of drug-likeness (QED) is 0.555. The first-order valence-electron chi connectivity index (χ1n) is 3.46. The minimum atomic E-state index is 0.174. The van der Waals surface area contributed by atoms with E-state index in [0.717, 1.165) is 21.1 Å². The zero-order chi connectivity index (χ0) is 9.14. The lowest BCUT2D eigenvalue weighted by Crippen LogP contribution is -1.91. The van der Waals surface area contributed by atoms with Crippen molar-refractivity contribution < 1.29 is 0 Å². The normalized spacial score (nSPS) is 13.0. The van der Waals surface area contributed by atoms with Crippen LogP contribution in [0.4, 0.5) is 0 Å². The van der Waals surface area contributed by atoms with E-state index in [0.29, 0.717) is 0 Å². The Kier molecular flexibility index (Phi) is 4.23. The Morgan fingerprint density at radius 1 is 1.17 bits per heavy atom. The summed E-state index contributed by atoms with van der Waals surface area (Å²) in [5.74, 6) is 0.724. The molecule has 4 heteroatoms. The minimum Gasteiger partial charge on any atom is -0.178 e. The molecule has 0 amide bonds. The van der Waals surface area contributed by atoms with Crippen molar-refractivity contribution in [2.45, 2.75) is 15.0 Å². The number of rotatable bonds is 2. The van der Waals surface area contributed by atoms with E-state index in [4.69, 9.17) is 0 Å². The van der Waals surface area contributed by atoms with Crippen LogP contribution in [0.5, 0.6) is 0 Å². The average molecular weight is 234 g/mol. The summed E-state index contributed by atoms with van der Waals surface area (Å²) in [5, 5.41) is 0.174. The molecule has 0 aliphatic carbocycles. The van der Waals surface area contributed by atoms with Gasteiger partial charge in [-0.25, -0.2) is 0 Å². The Labute approximate surface area is 94.8 Å². The van der Waals surface area contributed by atoms with Crippen molar-refractivity contribution in [2.75, 3.05) is 5.75 Å². The third kappa shape index (κ3) is 2.55. The van der Waals surface area contributed by atoms with Gasteiger partial charge in [-0.05, 0) is 17.7 Å². The van der Waals surface area contributed by atoms with Crippen LogP contribution in [0.3, 0.4) is 0 Å². The molecule has 12 heavy (non-hydrogen) atoms. The molecule has 0 fully saturated rings. The van der Waals surface area contributed by atoms with Crippen LogP contribution in [-0.2, 0) is 0 Å². The molecule has 1 rings (SSSR count). The van der Waals surface area contributed by atoms with Gasteiger partial charge in [0.25, 0.3) is 0 Å². The van der Waals surface area contributed by atoms with Gasteiger partial charge in [0.2, 0.25) is 0 Å². The van der Waals surface area contributed by atoms with Crippen LogP contribution in [0.25, 0.3) is 0 Å².